The summed E-state index contributed by atoms with van der Waals surface area (Å²) in [6.45, 7) is 2.55. The molecule has 0 fully saturated rings. The maximum atomic E-state index is 12.7. The van der Waals surface area contributed by atoms with Gasteiger partial charge in [0.15, 0.2) is 6.29 Å². The third kappa shape index (κ3) is 2.03. The molecular weight excluding hydrogens is 205 g/mol. The third-order valence-electron chi connectivity index (χ3n) is 2.68. The Morgan fingerprint density at radius 3 is 2.50 bits per heavy atom. The van der Waals surface area contributed by atoms with Gasteiger partial charge in [0.05, 0.1) is 0 Å². The van der Waals surface area contributed by atoms with Crippen LogP contribution in [0.1, 0.15) is 21.6 Å². The van der Waals surface area contributed by atoms with Crippen LogP contribution in [-0.4, -0.2) is 10.9 Å². The van der Waals surface area contributed by atoms with Crippen molar-refractivity contribution in [3.05, 3.63) is 59.2 Å². The molecule has 0 aliphatic carbocycles. The minimum Gasteiger partial charge on any atom is -0.347 e. The normalized spacial score (nSPS) is 10.4. The van der Waals surface area contributed by atoms with Gasteiger partial charge < -0.3 is 4.57 Å². The Morgan fingerprint density at radius 2 is 1.94 bits per heavy atom. The van der Waals surface area contributed by atoms with E-state index in [0.717, 1.165) is 17.5 Å². The highest BCUT2D eigenvalue weighted by atomic mass is 19.1. The molecule has 1 heterocycles. The second kappa shape index (κ2) is 4.31. The number of nitrogens with zero attached hydrogens (tertiary/aromatic N) is 1. The van der Waals surface area contributed by atoms with Crippen LogP contribution in [0.3, 0.4) is 0 Å². The second-order valence-corrected chi connectivity index (χ2v) is 3.73. The van der Waals surface area contributed by atoms with Crippen LogP contribution in [0.5, 0.6) is 0 Å². The zero-order valence-corrected chi connectivity index (χ0v) is 8.98. The van der Waals surface area contributed by atoms with Crippen LogP contribution in [0, 0.1) is 12.7 Å². The summed E-state index contributed by atoms with van der Waals surface area (Å²) in [5.74, 6) is -0.235. The Bertz CT molecular complexity index is 499. The minimum atomic E-state index is -0.235. The van der Waals surface area contributed by atoms with Crippen molar-refractivity contribution in [2.75, 3.05) is 0 Å². The van der Waals surface area contributed by atoms with Crippen LogP contribution in [0.15, 0.2) is 36.5 Å². The van der Waals surface area contributed by atoms with E-state index in [1.165, 1.54) is 12.1 Å². The van der Waals surface area contributed by atoms with Crippen molar-refractivity contribution in [3.63, 3.8) is 0 Å². The van der Waals surface area contributed by atoms with Gasteiger partial charge in [-0.2, -0.15) is 0 Å². The van der Waals surface area contributed by atoms with Crippen molar-refractivity contribution in [3.8, 4) is 0 Å². The van der Waals surface area contributed by atoms with Crippen molar-refractivity contribution in [2.24, 2.45) is 0 Å². The SMILES string of the molecule is Cc1c(C=O)ccn1Cc1ccc(F)cc1. The first-order valence-corrected chi connectivity index (χ1v) is 5.06. The molecule has 0 radical (unpaired) electrons. The van der Waals surface area contributed by atoms with Gasteiger partial charge in [-0.15, -0.1) is 0 Å². The average molecular weight is 217 g/mol. The van der Waals surface area contributed by atoms with Gasteiger partial charge >= 0.3 is 0 Å². The van der Waals surface area contributed by atoms with Crippen molar-refractivity contribution in [2.45, 2.75) is 13.5 Å². The van der Waals surface area contributed by atoms with Crippen molar-refractivity contribution in [1.29, 1.82) is 0 Å². The molecule has 2 rings (SSSR count). The highest BCUT2D eigenvalue weighted by molar-refractivity contribution is 5.76. The Balaban J connectivity index is 2.23. The van der Waals surface area contributed by atoms with Gasteiger partial charge in [0.25, 0.3) is 0 Å². The number of aldehydes is 1. The largest absolute Gasteiger partial charge is 0.347 e. The highest BCUT2D eigenvalue weighted by Gasteiger charge is 2.03. The number of aromatic nitrogens is 1. The summed E-state index contributed by atoms with van der Waals surface area (Å²) < 4.78 is 14.7. The molecular formula is C13H12FNO. The van der Waals surface area contributed by atoms with Gasteiger partial charge in [0.1, 0.15) is 5.82 Å². The van der Waals surface area contributed by atoms with Crippen molar-refractivity contribution >= 4 is 6.29 Å². The van der Waals surface area contributed by atoms with Gasteiger partial charge in [-0.3, -0.25) is 4.79 Å². The minimum absolute atomic E-state index is 0.235. The Kier molecular flexibility index (Phi) is 2.86. The van der Waals surface area contributed by atoms with Gasteiger partial charge in [0.2, 0.25) is 0 Å². The first-order chi connectivity index (χ1) is 7.70. The molecule has 0 unspecified atom stereocenters. The molecule has 0 saturated heterocycles. The third-order valence-corrected chi connectivity index (χ3v) is 2.68. The lowest BCUT2D eigenvalue weighted by molar-refractivity contribution is 0.112. The lowest BCUT2D eigenvalue weighted by Crippen LogP contribution is -2.01. The molecule has 0 N–H and O–H groups in total. The number of hydrogen-bond acceptors (Lipinski definition) is 1. The summed E-state index contributed by atoms with van der Waals surface area (Å²) in [4.78, 5) is 10.7. The predicted octanol–water partition coefficient (Wildman–Crippen LogP) is 2.80. The lowest BCUT2D eigenvalue weighted by atomic mass is 10.2. The molecule has 0 aliphatic heterocycles. The monoisotopic (exact) mass is 217 g/mol. The topological polar surface area (TPSA) is 22.0 Å². The fraction of sp³-hybridized carbons (Fsp3) is 0.154. The van der Waals surface area contributed by atoms with E-state index in [2.05, 4.69) is 0 Å². The summed E-state index contributed by atoms with van der Waals surface area (Å²) in [6, 6.07) is 8.15. The van der Waals surface area contributed by atoms with E-state index in [-0.39, 0.29) is 5.82 Å². The standard InChI is InChI=1S/C13H12FNO/c1-10-12(9-16)6-7-15(10)8-11-2-4-13(14)5-3-11/h2-7,9H,8H2,1H3. The number of halogens is 1. The zero-order valence-electron chi connectivity index (χ0n) is 8.98. The lowest BCUT2D eigenvalue weighted by Gasteiger charge is -2.06. The number of carbonyl (C=O) groups is 1. The summed E-state index contributed by atoms with van der Waals surface area (Å²) in [6.07, 6.45) is 2.71. The van der Waals surface area contributed by atoms with Crippen LogP contribution in [0.2, 0.25) is 0 Å². The maximum Gasteiger partial charge on any atom is 0.151 e. The molecule has 3 heteroatoms. The zero-order chi connectivity index (χ0) is 11.5. The molecule has 2 nitrogen and oxygen atoms in total. The number of hydrogen-bond donors (Lipinski definition) is 0. The summed E-state index contributed by atoms with van der Waals surface area (Å²) in [7, 11) is 0. The van der Waals surface area contributed by atoms with Gasteiger partial charge in [-0.1, -0.05) is 12.1 Å². The Labute approximate surface area is 93.3 Å². The van der Waals surface area contributed by atoms with E-state index in [1.807, 2.05) is 17.7 Å². The molecule has 1 aromatic carbocycles. The number of rotatable bonds is 3. The highest BCUT2D eigenvalue weighted by Crippen LogP contribution is 2.11. The van der Waals surface area contributed by atoms with Crippen LogP contribution in [0.25, 0.3) is 0 Å². The van der Waals surface area contributed by atoms with E-state index in [1.54, 1.807) is 18.2 Å². The van der Waals surface area contributed by atoms with E-state index in [4.69, 9.17) is 0 Å². The second-order valence-electron chi connectivity index (χ2n) is 3.73. The van der Waals surface area contributed by atoms with Crippen LogP contribution in [0.4, 0.5) is 4.39 Å². The molecule has 0 amide bonds. The molecule has 82 valence electrons. The summed E-state index contributed by atoms with van der Waals surface area (Å²) in [5.41, 5.74) is 2.64. The molecule has 0 aliphatic rings. The fourth-order valence-electron chi connectivity index (χ4n) is 1.65. The summed E-state index contributed by atoms with van der Waals surface area (Å²) in [5, 5.41) is 0. The number of benzene rings is 1. The Hall–Kier alpha value is -1.90. The molecule has 0 spiro atoms. The maximum absolute atomic E-state index is 12.7. The van der Waals surface area contributed by atoms with Crippen molar-refractivity contribution < 1.29 is 9.18 Å². The van der Waals surface area contributed by atoms with Crippen LogP contribution >= 0.6 is 0 Å². The van der Waals surface area contributed by atoms with Crippen molar-refractivity contribution in [1.82, 2.24) is 4.57 Å². The van der Waals surface area contributed by atoms with Crippen LogP contribution in [-0.2, 0) is 6.54 Å². The van der Waals surface area contributed by atoms with Gasteiger partial charge in [-0.25, -0.2) is 4.39 Å². The predicted molar refractivity (Wildman–Crippen MR) is 60.1 cm³/mol. The molecule has 1 aromatic heterocycles. The summed E-state index contributed by atoms with van der Waals surface area (Å²) >= 11 is 0. The Morgan fingerprint density at radius 1 is 1.25 bits per heavy atom. The quantitative estimate of drug-likeness (QED) is 0.724. The van der Waals surface area contributed by atoms with E-state index in [0.29, 0.717) is 12.1 Å². The van der Waals surface area contributed by atoms with E-state index in [9.17, 15) is 9.18 Å². The van der Waals surface area contributed by atoms with E-state index >= 15 is 0 Å². The average Bonchev–Trinajstić information content (AvgIpc) is 2.63. The number of carbonyl (C=O) groups excluding carboxylic acids is 1. The molecule has 0 bridgehead atoms. The molecule has 2 aromatic rings. The first-order valence-electron chi connectivity index (χ1n) is 5.06. The van der Waals surface area contributed by atoms with Crippen LogP contribution < -0.4 is 0 Å². The fourth-order valence-corrected chi connectivity index (χ4v) is 1.65. The van der Waals surface area contributed by atoms with Gasteiger partial charge in [-0.05, 0) is 30.7 Å². The van der Waals surface area contributed by atoms with E-state index < -0.39 is 0 Å². The smallest absolute Gasteiger partial charge is 0.151 e. The molecule has 16 heavy (non-hydrogen) atoms. The van der Waals surface area contributed by atoms with Gasteiger partial charge in [0, 0.05) is 24.0 Å². The molecule has 0 saturated carbocycles. The molecule has 0 atom stereocenters. The first kappa shape index (κ1) is 10.6.